The molecule has 0 radical (unpaired) electrons. The Balaban J connectivity index is 0.000000671. The summed E-state index contributed by atoms with van der Waals surface area (Å²) in [7, 11) is 0. The van der Waals surface area contributed by atoms with Gasteiger partial charge < -0.3 is 10.0 Å². The molecule has 0 amide bonds. The summed E-state index contributed by atoms with van der Waals surface area (Å²) >= 11 is 0. The quantitative estimate of drug-likeness (QED) is 0.734. The van der Waals surface area contributed by atoms with Crippen molar-refractivity contribution in [1.29, 1.82) is 0 Å². The highest BCUT2D eigenvalue weighted by Gasteiger charge is 2.24. The van der Waals surface area contributed by atoms with E-state index in [1.807, 2.05) is 13.8 Å². The topological polar surface area (TPSA) is 40.5 Å². The number of hydrogen-bond acceptors (Lipinski definition) is 2. The number of nitrogens with zero attached hydrogens (tertiary/aromatic N) is 1. The minimum atomic E-state index is -0.671. The number of carbonyl (C=O) groups is 1. The summed E-state index contributed by atoms with van der Waals surface area (Å²) in [6.45, 7) is 8.15. The number of likely N-dealkylation sites (tertiary alicyclic amines) is 1. The molecule has 78 valence electrons. The molecule has 0 aromatic rings. The van der Waals surface area contributed by atoms with Gasteiger partial charge in [0.15, 0.2) is 0 Å². The Morgan fingerprint density at radius 3 is 2.62 bits per heavy atom. The number of rotatable bonds is 3. The predicted molar refractivity (Wildman–Crippen MR) is 53.9 cm³/mol. The summed E-state index contributed by atoms with van der Waals surface area (Å²) in [6, 6.07) is 0.303. The maximum atomic E-state index is 10.4. The van der Waals surface area contributed by atoms with Gasteiger partial charge in [0.25, 0.3) is 0 Å². The molecule has 1 aliphatic rings. The minimum Gasteiger partial charge on any atom is -0.481 e. The fourth-order valence-corrected chi connectivity index (χ4v) is 1.74. The van der Waals surface area contributed by atoms with E-state index in [-0.39, 0.29) is 0 Å². The highest BCUT2D eigenvalue weighted by Crippen LogP contribution is 2.18. The lowest BCUT2D eigenvalue weighted by Crippen LogP contribution is -2.30. The van der Waals surface area contributed by atoms with E-state index >= 15 is 0 Å². The Hall–Kier alpha value is -0.570. The van der Waals surface area contributed by atoms with Crippen molar-refractivity contribution in [3.05, 3.63) is 0 Å². The van der Waals surface area contributed by atoms with Crippen LogP contribution in [0.3, 0.4) is 0 Å². The van der Waals surface area contributed by atoms with E-state index in [4.69, 9.17) is 5.11 Å². The lowest BCUT2D eigenvalue weighted by molar-refractivity contribution is -0.138. The van der Waals surface area contributed by atoms with Gasteiger partial charge in [0.2, 0.25) is 0 Å². The number of aliphatic carboxylic acids is 1. The fourth-order valence-electron chi connectivity index (χ4n) is 1.74. The van der Waals surface area contributed by atoms with Gasteiger partial charge in [0.05, 0.1) is 6.42 Å². The van der Waals surface area contributed by atoms with Crippen molar-refractivity contribution in [3.8, 4) is 0 Å². The molecule has 0 bridgehead atoms. The first-order valence-corrected chi connectivity index (χ1v) is 5.20. The van der Waals surface area contributed by atoms with Crippen LogP contribution in [-0.4, -0.2) is 35.1 Å². The van der Waals surface area contributed by atoms with E-state index in [2.05, 4.69) is 11.8 Å². The number of hydrogen-bond donors (Lipinski definition) is 1. The zero-order valence-electron chi connectivity index (χ0n) is 8.92. The normalized spacial score (nSPS) is 22.2. The molecule has 0 saturated carbocycles. The Morgan fingerprint density at radius 1 is 1.54 bits per heavy atom. The van der Waals surface area contributed by atoms with Crippen molar-refractivity contribution in [3.63, 3.8) is 0 Å². The molecule has 1 atom stereocenters. The zero-order valence-corrected chi connectivity index (χ0v) is 8.92. The van der Waals surface area contributed by atoms with Gasteiger partial charge in [0.1, 0.15) is 0 Å². The summed E-state index contributed by atoms with van der Waals surface area (Å²) in [6.07, 6.45) is 2.53. The van der Waals surface area contributed by atoms with E-state index in [1.165, 1.54) is 0 Å². The number of carboxylic acid groups (broad SMARTS) is 1. The first-order valence-electron chi connectivity index (χ1n) is 5.20. The van der Waals surface area contributed by atoms with Crippen LogP contribution in [0.15, 0.2) is 0 Å². The van der Waals surface area contributed by atoms with Crippen molar-refractivity contribution in [2.45, 2.75) is 46.1 Å². The highest BCUT2D eigenvalue weighted by atomic mass is 16.4. The Labute approximate surface area is 80.7 Å². The highest BCUT2D eigenvalue weighted by molar-refractivity contribution is 5.67. The van der Waals surface area contributed by atoms with Gasteiger partial charge in [-0.3, -0.25) is 4.79 Å². The Bertz CT molecular complexity index is 148. The van der Waals surface area contributed by atoms with E-state index in [0.29, 0.717) is 12.5 Å². The smallest absolute Gasteiger partial charge is 0.304 e. The molecule has 13 heavy (non-hydrogen) atoms. The van der Waals surface area contributed by atoms with Crippen LogP contribution in [0.1, 0.15) is 40.0 Å². The van der Waals surface area contributed by atoms with Gasteiger partial charge >= 0.3 is 5.97 Å². The zero-order chi connectivity index (χ0) is 10.3. The fraction of sp³-hybridized carbons (Fsp3) is 0.900. The molecule has 0 aromatic carbocycles. The van der Waals surface area contributed by atoms with Crippen LogP contribution in [0.5, 0.6) is 0 Å². The summed E-state index contributed by atoms with van der Waals surface area (Å²) in [5, 5.41) is 8.56. The first kappa shape index (κ1) is 12.4. The van der Waals surface area contributed by atoms with Crippen LogP contribution in [-0.2, 0) is 4.79 Å². The summed E-state index contributed by atoms with van der Waals surface area (Å²) in [5.74, 6) is -0.671. The van der Waals surface area contributed by atoms with Crippen molar-refractivity contribution in [2.75, 3.05) is 13.1 Å². The molecular weight excluding hydrogens is 166 g/mol. The van der Waals surface area contributed by atoms with Crippen LogP contribution in [0.4, 0.5) is 0 Å². The van der Waals surface area contributed by atoms with Crippen molar-refractivity contribution in [2.24, 2.45) is 0 Å². The molecule has 1 unspecified atom stereocenters. The average Bonchev–Trinajstić information content (AvgIpc) is 2.54. The summed E-state index contributed by atoms with van der Waals surface area (Å²) in [5.41, 5.74) is 0. The van der Waals surface area contributed by atoms with Crippen LogP contribution < -0.4 is 0 Å². The second kappa shape index (κ2) is 6.89. The monoisotopic (exact) mass is 187 g/mol. The molecule has 0 aromatic heterocycles. The summed E-state index contributed by atoms with van der Waals surface area (Å²) in [4.78, 5) is 12.6. The lowest BCUT2D eigenvalue weighted by atomic mass is 10.1. The van der Waals surface area contributed by atoms with Gasteiger partial charge in [-0.2, -0.15) is 0 Å². The third-order valence-corrected chi connectivity index (χ3v) is 2.32. The molecule has 1 N–H and O–H groups in total. The van der Waals surface area contributed by atoms with Crippen LogP contribution in [0.2, 0.25) is 0 Å². The molecule has 1 aliphatic heterocycles. The van der Waals surface area contributed by atoms with Crippen LogP contribution in [0, 0.1) is 0 Å². The first-order chi connectivity index (χ1) is 6.24. The second-order valence-corrected chi connectivity index (χ2v) is 3.02. The van der Waals surface area contributed by atoms with E-state index in [9.17, 15) is 4.79 Å². The Morgan fingerprint density at radius 2 is 2.15 bits per heavy atom. The predicted octanol–water partition coefficient (Wildman–Crippen LogP) is 1.97. The maximum Gasteiger partial charge on any atom is 0.304 e. The molecule has 1 saturated heterocycles. The third kappa shape index (κ3) is 4.27. The third-order valence-electron chi connectivity index (χ3n) is 2.32. The van der Waals surface area contributed by atoms with Crippen molar-refractivity contribution < 1.29 is 9.90 Å². The molecular formula is C10H21NO2. The van der Waals surface area contributed by atoms with Crippen LogP contribution in [0.25, 0.3) is 0 Å². The molecule has 1 rings (SSSR count). The molecule has 3 heteroatoms. The SMILES string of the molecule is CC.CCN1CCCC1CC(=O)O. The van der Waals surface area contributed by atoms with Crippen molar-refractivity contribution in [1.82, 2.24) is 4.90 Å². The van der Waals surface area contributed by atoms with Crippen LogP contribution >= 0.6 is 0 Å². The van der Waals surface area contributed by atoms with E-state index in [1.54, 1.807) is 0 Å². The lowest BCUT2D eigenvalue weighted by Gasteiger charge is -2.20. The van der Waals surface area contributed by atoms with Gasteiger partial charge in [-0.25, -0.2) is 0 Å². The van der Waals surface area contributed by atoms with E-state index < -0.39 is 5.97 Å². The van der Waals surface area contributed by atoms with Gasteiger partial charge in [-0.05, 0) is 25.9 Å². The average molecular weight is 187 g/mol. The Kier molecular flexibility index (Phi) is 6.59. The largest absolute Gasteiger partial charge is 0.481 e. The van der Waals surface area contributed by atoms with Gasteiger partial charge in [0, 0.05) is 6.04 Å². The van der Waals surface area contributed by atoms with Gasteiger partial charge in [-0.15, -0.1) is 0 Å². The standard InChI is InChI=1S/C8H15NO2.C2H6/c1-2-9-5-3-4-7(9)6-8(10)11;1-2/h7H,2-6H2,1H3,(H,10,11);1-2H3. The maximum absolute atomic E-state index is 10.4. The molecule has 1 fully saturated rings. The minimum absolute atomic E-state index is 0.303. The molecule has 0 aliphatic carbocycles. The second-order valence-electron chi connectivity index (χ2n) is 3.02. The van der Waals surface area contributed by atoms with Gasteiger partial charge in [-0.1, -0.05) is 20.8 Å². The van der Waals surface area contributed by atoms with E-state index in [0.717, 1.165) is 25.9 Å². The van der Waals surface area contributed by atoms with Crippen molar-refractivity contribution >= 4 is 5.97 Å². The molecule has 0 spiro atoms. The molecule has 1 heterocycles. The summed E-state index contributed by atoms with van der Waals surface area (Å²) < 4.78 is 0. The molecule has 3 nitrogen and oxygen atoms in total. The number of carboxylic acids is 1.